The van der Waals surface area contributed by atoms with E-state index in [2.05, 4.69) is 13.8 Å². The number of methoxy groups -OCH3 is 1. The van der Waals surface area contributed by atoms with Gasteiger partial charge in [-0.25, -0.2) is 0 Å². The van der Waals surface area contributed by atoms with Crippen molar-refractivity contribution in [2.24, 2.45) is 0 Å². The first-order valence-corrected chi connectivity index (χ1v) is 5.82. The van der Waals surface area contributed by atoms with Gasteiger partial charge in [-0.2, -0.15) is 0 Å². The zero-order valence-electron chi connectivity index (χ0n) is 10.4. The predicted molar refractivity (Wildman–Crippen MR) is 67.2 cm³/mol. The molecule has 0 heterocycles. The Morgan fingerprint density at radius 1 is 1.19 bits per heavy atom. The Hall–Kier alpha value is -1.38. The highest BCUT2D eigenvalue weighted by Crippen LogP contribution is 2.33. The summed E-state index contributed by atoms with van der Waals surface area (Å²) in [5.74, 6) is 1.61. The molecule has 1 rings (SSSR count). The molecule has 0 unspecified atom stereocenters. The number of hydrogen-bond donors (Lipinski definition) is 1. The molecule has 1 aromatic rings. The molecule has 0 radical (unpaired) electrons. The van der Waals surface area contributed by atoms with E-state index >= 15 is 0 Å². The first-order valence-electron chi connectivity index (χ1n) is 5.82. The molecule has 0 aliphatic rings. The number of unbranched alkanes of at least 4 members (excludes halogenated alkanes) is 1. The van der Waals surface area contributed by atoms with E-state index in [-0.39, 0.29) is 0 Å². The summed E-state index contributed by atoms with van der Waals surface area (Å²) < 4.78 is 10.9. The average Bonchev–Trinajstić information content (AvgIpc) is 2.30. The lowest BCUT2D eigenvalue weighted by atomic mass is 10.1. The molecule has 90 valence electrons. The van der Waals surface area contributed by atoms with Crippen LogP contribution < -0.4 is 15.2 Å². The van der Waals surface area contributed by atoms with Gasteiger partial charge < -0.3 is 15.2 Å². The van der Waals surface area contributed by atoms with Gasteiger partial charge in [0.25, 0.3) is 0 Å². The van der Waals surface area contributed by atoms with Gasteiger partial charge in [0, 0.05) is 5.56 Å². The third kappa shape index (κ3) is 2.81. The summed E-state index contributed by atoms with van der Waals surface area (Å²) in [5, 5.41) is 0. The average molecular weight is 223 g/mol. The zero-order chi connectivity index (χ0) is 12.0. The fourth-order valence-corrected chi connectivity index (χ4v) is 1.63. The van der Waals surface area contributed by atoms with E-state index in [4.69, 9.17) is 15.2 Å². The molecule has 0 saturated carbocycles. The van der Waals surface area contributed by atoms with Crippen molar-refractivity contribution in [1.82, 2.24) is 0 Å². The Balaban J connectivity index is 2.88. The molecule has 0 aromatic heterocycles. The van der Waals surface area contributed by atoms with Crippen molar-refractivity contribution in [3.8, 4) is 11.5 Å². The molecule has 0 atom stereocenters. The van der Waals surface area contributed by atoms with Crippen LogP contribution in [0.5, 0.6) is 11.5 Å². The maximum absolute atomic E-state index is 6.00. The monoisotopic (exact) mass is 223 g/mol. The van der Waals surface area contributed by atoms with Crippen LogP contribution in [0.3, 0.4) is 0 Å². The van der Waals surface area contributed by atoms with Gasteiger partial charge in [0.1, 0.15) is 11.5 Å². The first kappa shape index (κ1) is 12.7. The second-order valence-corrected chi connectivity index (χ2v) is 3.71. The molecular formula is C13H21NO2. The van der Waals surface area contributed by atoms with Crippen LogP contribution in [0, 0.1) is 0 Å². The Bertz CT molecular complexity index is 337. The Morgan fingerprint density at radius 2 is 1.88 bits per heavy atom. The largest absolute Gasteiger partial charge is 0.495 e. The molecule has 3 heteroatoms. The summed E-state index contributed by atoms with van der Waals surface area (Å²) in [6, 6.07) is 3.79. The van der Waals surface area contributed by atoms with Crippen LogP contribution in [-0.2, 0) is 6.42 Å². The molecule has 0 aliphatic heterocycles. The SMILES string of the molecule is CCCCOc1ccc(OC)c(N)c1CC. The topological polar surface area (TPSA) is 44.5 Å². The van der Waals surface area contributed by atoms with Crippen molar-refractivity contribution in [1.29, 1.82) is 0 Å². The van der Waals surface area contributed by atoms with Gasteiger partial charge in [0.15, 0.2) is 0 Å². The molecule has 0 aliphatic carbocycles. The van der Waals surface area contributed by atoms with Crippen LogP contribution in [-0.4, -0.2) is 13.7 Å². The summed E-state index contributed by atoms with van der Waals surface area (Å²) in [5.41, 5.74) is 7.74. The van der Waals surface area contributed by atoms with Gasteiger partial charge in [-0.3, -0.25) is 0 Å². The van der Waals surface area contributed by atoms with E-state index in [0.717, 1.165) is 42.9 Å². The van der Waals surface area contributed by atoms with E-state index in [0.29, 0.717) is 5.69 Å². The van der Waals surface area contributed by atoms with Crippen LogP contribution in [0.15, 0.2) is 12.1 Å². The summed E-state index contributed by atoms with van der Waals surface area (Å²) in [4.78, 5) is 0. The van der Waals surface area contributed by atoms with Gasteiger partial charge in [0.2, 0.25) is 0 Å². The normalized spacial score (nSPS) is 10.2. The second-order valence-electron chi connectivity index (χ2n) is 3.71. The van der Waals surface area contributed by atoms with E-state index in [1.165, 1.54) is 0 Å². The van der Waals surface area contributed by atoms with Crippen LogP contribution >= 0.6 is 0 Å². The van der Waals surface area contributed by atoms with Crippen LogP contribution in [0.2, 0.25) is 0 Å². The third-order valence-corrected chi connectivity index (χ3v) is 2.60. The van der Waals surface area contributed by atoms with E-state index in [1.807, 2.05) is 12.1 Å². The molecule has 3 nitrogen and oxygen atoms in total. The van der Waals surface area contributed by atoms with Gasteiger partial charge in [-0.05, 0) is 25.0 Å². The lowest BCUT2D eigenvalue weighted by Crippen LogP contribution is -2.03. The Morgan fingerprint density at radius 3 is 2.44 bits per heavy atom. The predicted octanol–water partition coefficient (Wildman–Crippen LogP) is 3.02. The number of hydrogen-bond acceptors (Lipinski definition) is 3. The van der Waals surface area contributed by atoms with Gasteiger partial charge in [0.05, 0.1) is 19.4 Å². The summed E-state index contributed by atoms with van der Waals surface area (Å²) in [6.45, 7) is 4.96. The zero-order valence-corrected chi connectivity index (χ0v) is 10.4. The smallest absolute Gasteiger partial charge is 0.142 e. The molecule has 2 N–H and O–H groups in total. The molecule has 0 bridgehead atoms. The molecule has 0 amide bonds. The Kier molecular flexibility index (Phi) is 4.96. The standard InChI is InChI=1S/C13H21NO2/c1-4-6-9-16-11-7-8-12(15-3)13(14)10(11)5-2/h7-8H,4-6,9,14H2,1-3H3. The van der Waals surface area contributed by atoms with Crippen molar-refractivity contribution < 1.29 is 9.47 Å². The number of rotatable bonds is 6. The number of anilines is 1. The molecule has 1 aromatic carbocycles. The highest BCUT2D eigenvalue weighted by molar-refractivity contribution is 5.63. The maximum Gasteiger partial charge on any atom is 0.142 e. The fourth-order valence-electron chi connectivity index (χ4n) is 1.63. The summed E-state index contributed by atoms with van der Waals surface area (Å²) in [7, 11) is 1.63. The minimum atomic E-state index is 0.694. The summed E-state index contributed by atoms with van der Waals surface area (Å²) in [6.07, 6.45) is 3.05. The van der Waals surface area contributed by atoms with Crippen molar-refractivity contribution in [2.75, 3.05) is 19.5 Å². The number of benzene rings is 1. The van der Waals surface area contributed by atoms with E-state index < -0.39 is 0 Å². The third-order valence-electron chi connectivity index (χ3n) is 2.60. The highest BCUT2D eigenvalue weighted by Gasteiger charge is 2.10. The first-order chi connectivity index (χ1) is 7.74. The van der Waals surface area contributed by atoms with Crippen molar-refractivity contribution in [2.45, 2.75) is 33.1 Å². The number of nitrogens with two attached hydrogens (primary N) is 1. The quantitative estimate of drug-likeness (QED) is 0.595. The molecule has 0 fully saturated rings. The number of ether oxygens (including phenoxy) is 2. The van der Waals surface area contributed by atoms with Crippen molar-refractivity contribution in [3.63, 3.8) is 0 Å². The summed E-state index contributed by atoms with van der Waals surface area (Å²) >= 11 is 0. The maximum atomic E-state index is 6.00. The lowest BCUT2D eigenvalue weighted by molar-refractivity contribution is 0.306. The lowest BCUT2D eigenvalue weighted by Gasteiger charge is -2.14. The minimum Gasteiger partial charge on any atom is -0.495 e. The fraction of sp³-hybridized carbons (Fsp3) is 0.538. The Labute approximate surface area is 97.6 Å². The molecule has 0 saturated heterocycles. The van der Waals surface area contributed by atoms with Gasteiger partial charge >= 0.3 is 0 Å². The molecular weight excluding hydrogens is 202 g/mol. The van der Waals surface area contributed by atoms with Gasteiger partial charge in [-0.1, -0.05) is 20.3 Å². The molecule has 16 heavy (non-hydrogen) atoms. The van der Waals surface area contributed by atoms with Gasteiger partial charge in [-0.15, -0.1) is 0 Å². The van der Waals surface area contributed by atoms with Crippen LogP contribution in [0.4, 0.5) is 5.69 Å². The highest BCUT2D eigenvalue weighted by atomic mass is 16.5. The van der Waals surface area contributed by atoms with Crippen molar-refractivity contribution >= 4 is 5.69 Å². The molecule has 0 spiro atoms. The minimum absolute atomic E-state index is 0.694. The van der Waals surface area contributed by atoms with Crippen LogP contribution in [0.1, 0.15) is 32.3 Å². The second kappa shape index (κ2) is 6.26. The van der Waals surface area contributed by atoms with E-state index in [1.54, 1.807) is 7.11 Å². The number of nitrogen functional groups attached to an aromatic ring is 1. The van der Waals surface area contributed by atoms with Crippen molar-refractivity contribution in [3.05, 3.63) is 17.7 Å². The van der Waals surface area contributed by atoms with E-state index in [9.17, 15) is 0 Å². The van der Waals surface area contributed by atoms with Crippen LogP contribution in [0.25, 0.3) is 0 Å².